The predicted molar refractivity (Wildman–Crippen MR) is 81.3 cm³/mol. The van der Waals surface area contributed by atoms with Crippen molar-refractivity contribution < 1.29 is 14.3 Å². The largest absolute Gasteiger partial charge is 0.489 e. The Bertz CT molecular complexity index is 593. The molecule has 0 spiro atoms. The molecule has 0 saturated carbocycles. The first-order valence-electron chi connectivity index (χ1n) is 6.82. The Hall–Kier alpha value is -2.33. The molecule has 0 saturated heterocycles. The highest BCUT2D eigenvalue weighted by Crippen LogP contribution is 2.16. The van der Waals surface area contributed by atoms with E-state index in [-0.39, 0.29) is 5.97 Å². The molecule has 2 N–H and O–H groups in total. The highest BCUT2D eigenvalue weighted by atomic mass is 16.5. The number of methoxy groups -OCH3 is 1. The topological polar surface area (TPSA) is 61.5 Å². The van der Waals surface area contributed by atoms with Crippen molar-refractivity contribution in [3.63, 3.8) is 0 Å². The van der Waals surface area contributed by atoms with E-state index < -0.39 is 0 Å². The van der Waals surface area contributed by atoms with Crippen LogP contribution in [0.25, 0.3) is 0 Å². The molecule has 4 nitrogen and oxygen atoms in total. The van der Waals surface area contributed by atoms with Crippen LogP contribution in [0.5, 0.6) is 5.75 Å². The number of carbonyl (C=O) groups is 1. The summed E-state index contributed by atoms with van der Waals surface area (Å²) >= 11 is 0. The van der Waals surface area contributed by atoms with Crippen LogP contribution in [0.2, 0.25) is 0 Å². The van der Waals surface area contributed by atoms with E-state index >= 15 is 0 Å². The molecule has 2 aromatic carbocycles. The quantitative estimate of drug-likeness (QED) is 0.829. The van der Waals surface area contributed by atoms with E-state index in [4.69, 9.17) is 10.5 Å². The third kappa shape index (κ3) is 4.33. The minimum atomic E-state index is -0.336. The molecular formula is C17H19NO3. The van der Waals surface area contributed by atoms with Crippen LogP contribution in [0.3, 0.4) is 0 Å². The molecule has 4 heteroatoms. The molecule has 0 heterocycles. The maximum atomic E-state index is 11.3. The van der Waals surface area contributed by atoms with Gasteiger partial charge in [0.25, 0.3) is 0 Å². The Morgan fingerprint density at radius 1 is 1.10 bits per heavy atom. The molecule has 0 aliphatic rings. The first kappa shape index (κ1) is 15.1. The van der Waals surface area contributed by atoms with E-state index in [1.807, 2.05) is 36.4 Å². The Morgan fingerprint density at radius 3 is 2.52 bits per heavy atom. The second-order valence-electron chi connectivity index (χ2n) is 4.66. The van der Waals surface area contributed by atoms with Gasteiger partial charge in [0.05, 0.1) is 12.7 Å². The van der Waals surface area contributed by atoms with Gasteiger partial charge in [-0.25, -0.2) is 4.79 Å². The lowest BCUT2D eigenvalue weighted by molar-refractivity contribution is 0.0600. The summed E-state index contributed by atoms with van der Waals surface area (Å²) in [4.78, 5) is 11.3. The van der Waals surface area contributed by atoms with Crippen molar-refractivity contribution in [2.24, 2.45) is 5.73 Å². The summed E-state index contributed by atoms with van der Waals surface area (Å²) in [6.07, 6.45) is 0.838. The first-order valence-corrected chi connectivity index (χ1v) is 6.82. The maximum Gasteiger partial charge on any atom is 0.337 e. The van der Waals surface area contributed by atoms with E-state index in [1.165, 1.54) is 7.11 Å². The molecule has 0 atom stereocenters. The van der Waals surface area contributed by atoms with Crippen molar-refractivity contribution in [2.75, 3.05) is 13.7 Å². The molecule has 0 aliphatic carbocycles. The molecule has 21 heavy (non-hydrogen) atoms. The summed E-state index contributed by atoms with van der Waals surface area (Å²) in [5.74, 6) is 0.481. The van der Waals surface area contributed by atoms with Gasteiger partial charge in [0.1, 0.15) is 12.4 Å². The number of rotatable bonds is 6. The number of nitrogens with two attached hydrogens (primary N) is 1. The van der Waals surface area contributed by atoms with Gasteiger partial charge in [0.2, 0.25) is 0 Å². The van der Waals surface area contributed by atoms with Crippen molar-refractivity contribution >= 4 is 5.97 Å². The molecule has 2 aromatic rings. The predicted octanol–water partition coefficient (Wildman–Crippen LogP) is 2.55. The molecule has 2 rings (SSSR count). The molecule has 0 aromatic heterocycles. The zero-order chi connectivity index (χ0) is 15.1. The fourth-order valence-electron chi connectivity index (χ4n) is 1.98. The van der Waals surface area contributed by atoms with Gasteiger partial charge in [-0.3, -0.25) is 0 Å². The Balaban J connectivity index is 1.96. The summed E-state index contributed by atoms with van der Waals surface area (Å²) in [6, 6.07) is 15.1. The average molecular weight is 285 g/mol. The molecule has 0 fully saturated rings. The average Bonchev–Trinajstić information content (AvgIpc) is 2.53. The van der Waals surface area contributed by atoms with Crippen molar-refractivity contribution in [3.05, 3.63) is 65.2 Å². The van der Waals surface area contributed by atoms with Gasteiger partial charge in [-0.1, -0.05) is 24.3 Å². The van der Waals surface area contributed by atoms with E-state index in [9.17, 15) is 4.79 Å². The number of benzene rings is 2. The van der Waals surface area contributed by atoms with Crippen LogP contribution in [-0.4, -0.2) is 19.6 Å². The second kappa shape index (κ2) is 7.45. The Morgan fingerprint density at radius 2 is 1.86 bits per heavy atom. The molecule has 0 unspecified atom stereocenters. The lowest BCUT2D eigenvalue weighted by Crippen LogP contribution is -2.03. The van der Waals surface area contributed by atoms with Crippen molar-refractivity contribution in [2.45, 2.75) is 13.0 Å². The lowest BCUT2D eigenvalue weighted by atomic mass is 10.1. The first-order chi connectivity index (χ1) is 10.2. The zero-order valence-corrected chi connectivity index (χ0v) is 12.0. The Labute approximate surface area is 124 Å². The monoisotopic (exact) mass is 285 g/mol. The highest BCUT2D eigenvalue weighted by Gasteiger charge is 2.04. The fraction of sp³-hybridized carbons (Fsp3) is 0.235. The normalized spacial score (nSPS) is 10.2. The zero-order valence-electron chi connectivity index (χ0n) is 12.0. The van der Waals surface area contributed by atoms with Crippen molar-refractivity contribution in [1.82, 2.24) is 0 Å². The fourth-order valence-corrected chi connectivity index (χ4v) is 1.98. The molecule has 0 bridgehead atoms. The maximum absolute atomic E-state index is 11.3. The summed E-state index contributed by atoms with van der Waals surface area (Å²) < 4.78 is 10.4. The van der Waals surface area contributed by atoms with Crippen molar-refractivity contribution in [3.8, 4) is 5.75 Å². The van der Waals surface area contributed by atoms with Crippen LogP contribution in [0, 0.1) is 0 Å². The minimum Gasteiger partial charge on any atom is -0.489 e. The summed E-state index contributed by atoms with van der Waals surface area (Å²) in [5.41, 5.74) is 8.24. The molecular weight excluding hydrogens is 266 g/mol. The van der Waals surface area contributed by atoms with Gasteiger partial charge in [-0.2, -0.15) is 0 Å². The minimum absolute atomic E-state index is 0.336. The third-order valence-electron chi connectivity index (χ3n) is 3.11. The van der Waals surface area contributed by atoms with E-state index in [2.05, 4.69) is 4.74 Å². The third-order valence-corrected chi connectivity index (χ3v) is 3.11. The Kier molecular flexibility index (Phi) is 5.35. The number of carbonyl (C=O) groups excluding carboxylic acids is 1. The van der Waals surface area contributed by atoms with Crippen LogP contribution in [0.1, 0.15) is 21.5 Å². The van der Waals surface area contributed by atoms with Gasteiger partial charge >= 0.3 is 5.97 Å². The number of ether oxygens (including phenoxy) is 2. The number of hydrogen-bond donors (Lipinski definition) is 1. The van der Waals surface area contributed by atoms with Gasteiger partial charge in [-0.05, 0) is 48.4 Å². The summed E-state index contributed by atoms with van der Waals surface area (Å²) in [5, 5.41) is 0. The SMILES string of the molecule is COC(=O)c1ccc(COc2cccc(CCN)c2)cc1. The standard InChI is InChI=1S/C17H19NO3/c1-20-17(19)15-7-5-14(6-8-15)12-21-16-4-2-3-13(11-16)9-10-18/h2-8,11H,9-10,12,18H2,1H3. The van der Waals surface area contributed by atoms with Gasteiger partial charge in [0, 0.05) is 0 Å². The van der Waals surface area contributed by atoms with Crippen LogP contribution in [0.4, 0.5) is 0 Å². The number of hydrogen-bond acceptors (Lipinski definition) is 4. The molecule has 110 valence electrons. The van der Waals surface area contributed by atoms with Crippen LogP contribution >= 0.6 is 0 Å². The van der Waals surface area contributed by atoms with E-state index in [0.29, 0.717) is 18.7 Å². The van der Waals surface area contributed by atoms with E-state index in [0.717, 1.165) is 23.3 Å². The number of esters is 1. The van der Waals surface area contributed by atoms with Gasteiger partial charge in [0.15, 0.2) is 0 Å². The summed E-state index contributed by atoms with van der Waals surface area (Å²) in [6.45, 7) is 1.08. The van der Waals surface area contributed by atoms with Crippen molar-refractivity contribution in [1.29, 1.82) is 0 Å². The van der Waals surface area contributed by atoms with Crippen LogP contribution in [-0.2, 0) is 17.8 Å². The van der Waals surface area contributed by atoms with Crippen LogP contribution in [0.15, 0.2) is 48.5 Å². The summed E-state index contributed by atoms with van der Waals surface area (Å²) in [7, 11) is 1.37. The smallest absolute Gasteiger partial charge is 0.337 e. The highest BCUT2D eigenvalue weighted by molar-refractivity contribution is 5.89. The lowest BCUT2D eigenvalue weighted by Gasteiger charge is -2.08. The second-order valence-corrected chi connectivity index (χ2v) is 4.66. The molecule has 0 amide bonds. The molecule has 0 aliphatic heterocycles. The van der Waals surface area contributed by atoms with Crippen LogP contribution < -0.4 is 10.5 Å². The van der Waals surface area contributed by atoms with Gasteiger partial charge < -0.3 is 15.2 Å². The molecule has 0 radical (unpaired) electrons. The van der Waals surface area contributed by atoms with E-state index in [1.54, 1.807) is 12.1 Å². The van der Waals surface area contributed by atoms with Gasteiger partial charge in [-0.15, -0.1) is 0 Å².